The number of fused-ring (bicyclic) bond motifs is 2. The number of carbonyl (C=O) groups excluding carboxylic acids is 2. The number of sulfone groups is 2. The minimum Gasteiger partial charge on any atom is -0.453 e. The van der Waals surface area contributed by atoms with Gasteiger partial charge in [0.15, 0.2) is 22.0 Å². The number of aliphatic hydroxyl groups is 10. The van der Waals surface area contributed by atoms with Crippen LogP contribution in [0.2, 0.25) is 0 Å². The zero-order valence-electron chi connectivity index (χ0n) is 39.9. The molecule has 6 unspecified atom stereocenters. The molecule has 4 aromatic rings. The van der Waals surface area contributed by atoms with Crippen molar-refractivity contribution in [2.45, 2.75) is 139 Å². The van der Waals surface area contributed by atoms with E-state index in [0.29, 0.717) is 0 Å². The number of alkyl halides is 6. The van der Waals surface area contributed by atoms with E-state index in [1.165, 1.54) is 37.3 Å². The molecular formula is C51H48F6O18S2. The minimum atomic E-state index is -6.25. The van der Waals surface area contributed by atoms with Crippen LogP contribution in [0.1, 0.15) is 64.4 Å². The topological polar surface area (TPSA) is 323 Å². The Hall–Kier alpha value is -5.62. The molecule has 2 fully saturated rings. The maximum atomic E-state index is 16.7. The normalized spacial score (nSPS) is 33.4. The molecule has 0 radical (unpaired) electrons. The van der Waals surface area contributed by atoms with Gasteiger partial charge in [0, 0.05) is 28.2 Å². The van der Waals surface area contributed by atoms with E-state index in [1.807, 2.05) is 0 Å². The molecule has 0 spiro atoms. The number of allylic oxidation sites excluding steroid dienone is 4. The minimum absolute atomic E-state index is 0.0136. The third-order valence-corrected chi connectivity index (χ3v) is 19.5. The lowest BCUT2D eigenvalue weighted by Crippen LogP contribution is -2.64. The monoisotopic (exact) mass is 1130 g/mol. The number of ether oxygens (including phenoxy) is 2. The van der Waals surface area contributed by atoms with E-state index in [0.717, 1.165) is 61.5 Å². The highest BCUT2D eigenvalue weighted by molar-refractivity contribution is 7.96. The number of esters is 2. The maximum absolute atomic E-state index is 16.7. The molecule has 414 valence electrons. The number of carbonyl (C=O) groups is 2. The average molecular weight is 1130 g/mol. The number of benzene rings is 4. The van der Waals surface area contributed by atoms with Crippen LogP contribution in [-0.2, 0) is 29.1 Å². The lowest BCUT2D eigenvalue weighted by atomic mass is 9.80. The standard InChI is InChI=1S/C51H48F6O18S2/c1-3-27-31(25-15-13-23(17-29(25)76(27,70)71)19-5-9-21(10-6-19)47(68)74-45-41(64)37(60)35(58)38(61)42(45)65)33-34(50(54,55)51(56,57)49(33,52)53)32-26-16-14-24(18-30(26)77(72,73)28(32)4-2)20-7-11-22(12-8-20)48(69)75-46-43(66)39(62)36(59)40(63)44(46)67/h5-18,27,31,35-46,58-67H,3-4H2,1-2H3/t27?,31?,35?,36?,37-,38+,39-,40+,41+,42-,43+,44-,45?,46?. The largest absolute Gasteiger partial charge is 0.453 e. The summed E-state index contributed by atoms with van der Waals surface area (Å²) in [6.45, 7) is 2.36. The van der Waals surface area contributed by atoms with Crippen LogP contribution in [0.15, 0.2) is 111 Å². The van der Waals surface area contributed by atoms with Crippen molar-refractivity contribution in [3.05, 3.63) is 123 Å². The molecule has 0 saturated heterocycles. The number of hydrogen-bond donors (Lipinski definition) is 10. The van der Waals surface area contributed by atoms with E-state index in [1.54, 1.807) is 0 Å². The highest BCUT2D eigenvalue weighted by atomic mass is 32.2. The second-order valence-electron chi connectivity index (χ2n) is 19.4. The summed E-state index contributed by atoms with van der Waals surface area (Å²) in [6.07, 6.45) is -25.2. The zero-order valence-corrected chi connectivity index (χ0v) is 41.5. The Bertz CT molecular complexity index is 3320. The van der Waals surface area contributed by atoms with Crippen molar-refractivity contribution in [1.29, 1.82) is 0 Å². The lowest BCUT2D eigenvalue weighted by Gasteiger charge is -2.41. The van der Waals surface area contributed by atoms with Crippen molar-refractivity contribution < 1.29 is 113 Å². The summed E-state index contributed by atoms with van der Waals surface area (Å²) in [5.41, 5.74) is -6.68. The second-order valence-corrected chi connectivity index (χ2v) is 23.5. The molecule has 14 atom stereocenters. The Morgan fingerprint density at radius 2 is 0.909 bits per heavy atom. The van der Waals surface area contributed by atoms with Crippen molar-refractivity contribution in [2.24, 2.45) is 0 Å². The van der Waals surface area contributed by atoms with E-state index >= 15 is 26.3 Å². The molecular weight excluding hydrogens is 1080 g/mol. The Morgan fingerprint density at radius 3 is 1.32 bits per heavy atom. The first-order valence-electron chi connectivity index (χ1n) is 23.7. The van der Waals surface area contributed by atoms with Crippen LogP contribution >= 0.6 is 0 Å². The van der Waals surface area contributed by atoms with E-state index in [4.69, 9.17) is 9.47 Å². The predicted octanol–water partition coefficient (Wildman–Crippen LogP) is 2.18. The van der Waals surface area contributed by atoms with Crippen molar-refractivity contribution in [2.75, 3.05) is 0 Å². The van der Waals surface area contributed by atoms with E-state index in [-0.39, 0.29) is 33.4 Å². The average Bonchev–Trinajstić information content (AvgIpc) is 4.07. The number of hydrogen-bond acceptors (Lipinski definition) is 18. The molecule has 26 heteroatoms. The van der Waals surface area contributed by atoms with Gasteiger partial charge in [-0.05, 0) is 77.1 Å². The van der Waals surface area contributed by atoms with Crippen LogP contribution in [0.3, 0.4) is 0 Å². The van der Waals surface area contributed by atoms with Gasteiger partial charge in [0.05, 0.1) is 31.1 Å². The fourth-order valence-corrected chi connectivity index (χ4v) is 15.0. The zero-order chi connectivity index (χ0) is 56.5. The highest BCUT2D eigenvalue weighted by Gasteiger charge is 2.82. The lowest BCUT2D eigenvalue weighted by molar-refractivity contribution is -0.264. The van der Waals surface area contributed by atoms with Gasteiger partial charge in [0.2, 0.25) is 9.84 Å². The van der Waals surface area contributed by atoms with Crippen LogP contribution in [0.4, 0.5) is 26.3 Å². The van der Waals surface area contributed by atoms with Gasteiger partial charge < -0.3 is 60.5 Å². The first-order chi connectivity index (χ1) is 35.9. The van der Waals surface area contributed by atoms with Crippen LogP contribution in [0.5, 0.6) is 0 Å². The molecule has 77 heavy (non-hydrogen) atoms. The summed E-state index contributed by atoms with van der Waals surface area (Å²) in [6, 6.07) is 15.7. The third kappa shape index (κ3) is 8.36. The number of aliphatic hydroxyl groups excluding tert-OH is 10. The van der Waals surface area contributed by atoms with Gasteiger partial charge in [0.25, 0.3) is 0 Å². The van der Waals surface area contributed by atoms with Gasteiger partial charge in [-0.3, -0.25) is 0 Å². The molecule has 2 saturated carbocycles. The summed E-state index contributed by atoms with van der Waals surface area (Å²) in [5, 5.41) is 98.8. The van der Waals surface area contributed by atoms with Crippen molar-refractivity contribution >= 4 is 37.2 Å². The molecule has 9 rings (SSSR count). The molecule has 0 aromatic heterocycles. The quantitative estimate of drug-likeness (QED) is 0.0804. The smallest absolute Gasteiger partial charge is 0.380 e. The molecule has 0 bridgehead atoms. The van der Waals surface area contributed by atoms with Gasteiger partial charge in [-0.25, -0.2) is 26.4 Å². The summed E-state index contributed by atoms with van der Waals surface area (Å²) in [7, 11) is -9.83. The van der Waals surface area contributed by atoms with Crippen molar-refractivity contribution in [1.82, 2.24) is 0 Å². The molecule has 10 N–H and O–H groups in total. The number of rotatable bonds is 10. The molecule has 4 aromatic carbocycles. The molecule has 18 nitrogen and oxygen atoms in total. The number of halogens is 6. The first-order valence-corrected chi connectivity index (χ1v) is 26.8. The SMILES string of the molecule is CCC1=C(C2=C(C3c4ccc(-c5ccc(C(=O)OC6[C@@H](O)[C@H](O)C(O)[C@H](O)[C@H]6O)cc5)cc4S(=O)(=O)C3CC)C(F)(F)C(F)(F)C2(F)F)c2ccc(-c3ccc(C(=O)OC4[C@@H](O)[C@H](O)C(O)[C@H](O)[C@H]4O)cc3)cc2S1(=O)=O. The maximum Gasteiger partial charge on any atom is 0.380 e. The first kappa shape index (κ1) is 56.1. The highest BCUT2D eigenvalue weighted by Crippen LogP contribution is 2.68. The molecule has 5 aliphatic rings. The van der Waals surface area contributed by atoms with Crippen LogP contribution in [0.25, 0.3) is 27.8 Å². The van der Waals surface area contributed by atoms with Crippen LogP contribution in [-0.4, -0.2) is 176 Å². The Balaban J connectivity index is 1.07. The molecule has 2 heterocycles. The summed E-state index contributed by atoms with van der Waals surface area (Å²) < 4.78 is 167. The van der Waals surface area contributed by atoms with Gasteiger partial charge in [-0.2, -0.15) is 26.3 Å². The van der Waals surface area contributed by atoms with Crippen molar-refractivity contribution in [3.63, 3.8) is 0 Å². The molecule has 3 aliphatic carbocycles. The van der Waals surface area contributed by atoms with Gasteiger partial charge in [0.1, 0.15) is 61.0 Å². The Labute approximate surface area is 433 Å². The summed E-state index contributed by atoms with van der Waals surface area (Å²) in [4.78, 5) is 23.6. The summed E-state index contributed by atoms with van der Waals surface area (Å²) in [5.74, 6) is -22.7. The van der Waals surface area contributed by atoms with E-state index in [2.05, 4.69) is 0 Å². The Kier molecular flexibility index (Phi) is 14.1. The predicted molar refractivity (Wildman–Crippen MR) is 253 cm³/mol. The van der Waals surface area contributed by atoms with Gasteiger partial charge >= 0.3 is 29.7 Å². The summed E-state index contributed by atoms with van der Waals surface area (Å²) >= 11 is 0. The fraction of sp³-hybridized carbons (Fsp3) is 0.412. The fourth-order valence-electron chi connectivity index (χ4n) is 10.9. The van der Waals surface area contributed by atoms with Crippen molar-refractivity contribution in [3.8, 4) is 22.3 Å². The van der Waals surface area contributed by atoms with Gasteiger partial charge in [-0.1, -0.05) is 62.4 Å². The molecule has 0 amide bonds. The third-order valence-electron chi connectivity index (χ3n) is 15.1. The van der Waals surface area contributed by atoms with E-state index in [9.17, 15) is 77.5 Å². The van der Waals surface area contributed by atoms with Gasteiger partial charge in [-0.15, -0.1) is 0 Å². The van der Waals surface area contributed by atoms with Crippen LogP contribution in [0, 0.1) is 0 Å². The van der Waals surface area contributed by atoms with Crippen LogP contribution < -0.4 is 0 Å². The Morgan fingerprint density at radius 1 is 0.519 bits per heavy atom. The van der Waals surface area contributed by atoms with E-state index < -0.39 is 189 Å². The molecule has 2 aliphatic heterocycles. The second kappa shape index (κ2) is 19.3.